The Kier molecular flexibility index (Phi) is 4.04. The van der Waals surface area contributed by atoms with Crippen molar-refractivity contribution in [2.45, 2.75) is 26.3 Å². The Morgan fingerprint density at radius 3 is 2.70 bits per heavy atom. The molecule has 1 heterocycles. The van der Waals surface area contributed by atoms with E-state index >= 15 is 0 Å². The molecular formula is C14H18FN3O2. The highest BCUT2D eigenvalue weighted by atomic mass is 19.1. The molecule has 1 aromatic rings. The molecule has 1 aliphatic rings. The molecule has 5 nitrogen and oxygen atoms in total. The maximum absolute atomic E-state index is 13.7. The van der Waals surface area contributed by atoms with E-state index in [0.29, 0.717) is 0 Å². The summed E-state index contributed by atoms with van der Waals surface area (Å²) in [6, 6.07) is 2.18. The summed E-state index contributed by atoms with van der Waals surface area (Å²) < 4.78 is 13.7. The highest BCUT2D eigenvalue weighted by Gasteiger charge is 2.29. The van der Waals surface area contributed by atoms with Crippen molar-refractivity contribution in [1.82, 2.24) is 5.32 Å². The van der Waals surface area contributed by atoms with E-state index in [1.54, 1.807) is 6.92 Å². The Hall–Kier alpha value is -1.95. The van der Waals surface area contributed by atoms with Crippen LogP contribution in [0.15, 0.2) is 12.1 Å². The average molecular weight is 279 g/mol. The number of carbonyl (C=O) groups is 2. The first-order valence-corrected chi connectivity index (χ1v) is 6.54. The first-order chi connectivity index (χ1) is 9.40. The largest absolute Gasteiger partial charge is 0.366 e. The summed E-state index contributed by atoms with van der Waals surface area (Å²) in [5.74, 6) is -1.30. The zero-order chi connectivity index (χ0) is 14.9. The molecule has 2 rings (SSSR count). The van der Waals surface area contributed by atoms with Crippen LogP contribution in [0.1, 0.15) is 29.3 Å². The number of nitrogens with two attached hydrogens (primary N) is 1. The van der Waals surface area contributed by atoms with Crippen LogP contribution < -0.4 is 16.4 Å². The van der Waals surface area contributed by atoms with Crippen molar-refractivity contribution in [2.24, 2.45) is 11.7 Å². The quantitative estimate of drug-likeness (QED) is 0.776. The minimum Gasteiger partial charge on any atom is -0.366 e. The van der Waals surface area contributed by atoms with Crippen LogP contribution in [0.5, 0.6) is 0 Å². The Morgan fingerprint density at radius 2 is 2.15 bits per heavy atom. The number of halogens is 1. The van der Waals surface area contributed by atoms with Crippen molar-refractivity contribution < 1.29 is 14.0 Å². The average Bonchev–Trinajstić information content (AvgIpc) is 2.80. The molecular weight excluding hydrogens is 261 g/mol. The van der Waals surface area contributed by atoms with Gasteiger partial charge in [0.2, 0.25) is 11.8 Å². The topological polar surface area (TPSA) is 84.2 Å². The summed E-state index contributed by atoms with van der Waals surface area (Å²) in [4.78, 5) is 23.3. The second-order valence-electron chi connectivity index (χ2n) is 5.18. The number of amides is 2. The first kappa shape index (κ1) is 14.5. The summed E-state index contributed by atoms with van der Waals surface area (Å²) in [5, 5.41) is 5.77. The van der Waals surface area contributed by atoms with Crippen LogP contribution in [-0.2, 0) is 4.79 Å². The van der Waals surface area contributed by atoms with Crippen LogP contribution in [-0.4, -0.2) is 24.4 Å². The fourth-order valence-electron chi connectivity index (χ4n) is 2.35. The van der Waals surface area contributed by atoms with E-state index in [9.17, 15) is 14.0 Å². The van der Waals surface area contributed by atoms with Crippen LogP contribution in [0, 0.1) is 18.7 Å². The van der Waals surface area contributed by atoms with Gasteiger partial charge in [0.05, 0.1) is 6.04 Å². The summed E-state index contributed by atoms with van der Waals surface area (Å²) in [6.07, 6.45) is 0.923. The van der Waals surface area contributed by atoms with Crippen LogP contribution in [0.3, 0.4) is 0 Å². The molecule has 1 fully saturated rings. The van der Waals surface area contributed by atoms with Gasteiger partial charge in [-0.3, -0.25) is 9.59 Å². The van der Waals surface area contributed by atoms with Crippen molar-refractivity contribution in [1.29, 1.82) is 0 Å². The van der Waals surface area contributed by atoms with Crippen LogP contribution in [0.2, 0.25) is 0 Å². The molecule has 4 N–H and O–H groups in total. The van der Waals surface area contributed by atoms with E-state index < -0.39 is 11.7 Å². The van der Waals surface area contributed by atoms with E-state index in [1.807, 2.05) is 6.92 Å². The maximum Gasteiger partial charge on any atom is 0.248 e. The number of hydrogen-bond donors (Lipinski definition) is 3. The zero-order valence-electron chi connectivity index (χ0n) is 11.5. The molecule has 2 atom stereocenters. The molecule has 0 bridgehead atoms. The van der Waals surface area contributed by atoms with E-state index in [2.05, 4.69) is 10.6 Å². The lowest BCUT2D eigenvalue weighted by molar-refractivity contribution is -0.118. The minimum atomic E-state index is -0.730. The van der Waals surface area contributed by atoms with Gasteiger partial charge in [-0.25, -0.2) is 4.39 Å². The van der Waals surface area contributed by atoms with Crippen molar-refractivity contribution in [2.75, 3.05) is 11.9 Å². The minimum absolute atomic E-state index is 0.0378. The normalized spacial score (nSPS) is 21.8. The van der Waals surface area contributed by atoms with Gasteiger partial charge in [-0.15, -0.1) is 0 Å². The van der Waals surface area contributed by atoms with E-state index in [1.165, 1.54) is 6.07 Å². The lowest BCUT2D eigenvalue weighted by atomic mass is 10.0. The Bertz CT molecular complexity index is 560. The van der Waals surface area contributed by atoms with E-state index in [-0.39, 0.29) is 34.7 Å². The molecule has 1 aliphatic heterocycles. The molecule has 20 heavy (non-hydrogen) atoms. The highest BCUT2D eigenvalue weighted by molar-refractivity contribution is 5.99. The molecule has 0 radical (unpaired) electrons. The fourth-order valence-corrected chi connectivity index (χ4v) is 2.35. The van der Waals surface area contributed by atoms with Gasteiger partial charge >= 0.3 is 0 Å². The summed E-state index contributed by atoms with van der Waals surface area (Å²) in [7, 11) is 0. The molecule has 0 aromatic heterocycles. The lowest BCUT2D eigenvalue weighted by Gasteiger charge is -2.17. The van der Waals surface area contributed by atoms with Gasteiger partial charge in [0.1, 0.15) is 5.82 Å². The third-order valence-corrected chi connectivity index (χ3v) is 3.70. The molecule has 0 saturated carbocycles. The molecule has 0 aliphatic carbocycles. The van der Waals surface area contributed by atoms with Gasteiger partial charge in [-0.1, -0.05) is 6.92 Å². The molecule has 0 spiro atoms. The van der Waals surface area contributed by atoms with E-state index in [4.69, 9.17) is 5.73 Å². The predicted octanol–water partition coefficient (Wildman–Crippen LogP) is 1.17. The molecule has 108 valence electrons. The van der Waals surface area contributed by atoms with Gasteiger partial charge < -0.3 is 16.4 Å². The summed E-state index contributed by atoms with van der Waals surface area (Å²) in [6.45, 7) is 4.31. The van der Waals surface area contributed by atoms with Crippen molar-refractivity contribution in [3.05, 3.63) is 29.1 Å². The van der Waals surface area contributed by atoms with Gasteiger partial charge in [-0.05, 0) is 37.9 Å². The number of hydrogen-bond acceptors (Lipinski definition) is 3. The summed E-state index contributed by atoms with van der Waals surface area (Å²) >= 11 is 0. The third-order valence-electron chi connectivity index (χ3n) is 3.70. The van der Waals surface area contributed by atoms with E-state index in [0.717, 1.165) is 19.0 Å². The standard InChI is InChI=1S/C14H18FN3O2/c1-7-3-4-17-12(7)14(20)18-11-6-9(13(16)19)5-10(15)8(11)2/h5-7,12,17H,3-4H2,1-2H3,(H2,16,19)(H,18,20). The van der Waals surface area contributed by atoms with Gasteiger partial charge in [0.15, 0.2) is 0 Å². The number of anilines is 1. The maximum atomic E-state index is 13.7. The number of benzene rings is 1. The fraction of sp³-hybridized carbons (Fsp3) is 0.429. The molecule has 1 saturated heterocycles. The van der Waals surface area contributed by atoms with Gasteiger partial charge in [0, 0.05) is 16.8 Å². The van der Waals surface area contributed by atoms with Crippen LogP contribution >= 0.6 is 0 Å². The number of nitrogens with one attached hydrogen (secondary N) is 2. The molecule has 1 aromatic carbocycles. The van der Waals surface area contributed by atoms with Crippen molar-refractivity contribution in [3.8, 4) is 0 Å². The molecule has 6 heteroatoms. The second kappa shape index (κ2) is 5.58. The zero-order valence-corrected chi connectivity index (χ0v) is 11.5. The first-order valence-electron chi connectivity index (χ1n) is 6.54. The molecule has 2 amide bonds. The number of carbonyl (C=O) groups excluding carboxylic acids is 2. The summed E-state index contributed by atoms with van der Waals surface area (Å²) in [5.41, 5.74) is 5.75. The SMILES string of the molecule is Cc1c(F)cc(C(N)=O)cc1NC(=O)C1NCCC1C. The highest BCUT2D eigenvalue weighted by Crippen LogP contribution is 2.22. The predicted molar refractivity (Wildman–Crippen MR) is 73.9 cm³/mol. The second-order valence-corrected chi connectivity index (χ2v) is 5.18. The van der Waals surface area contributed by atoms with Crippen LogP contribution in [0.4, 0.5) is 10.1 Å². The Morgan fingerprint density at radius 1 is 1.45 bits per heavy atom. The van der Waals surface area contributed by atoms with Gasteiger partial charge in [0.25, 0.3) is 0 Å². The Balaban J connectivity index is 2.24. The van der Waals surface area contributed by atoms with Gasteiger partial charge in [-0.2, -0.15) is 0 Å². The smallest absolute Gasteiger partial charge is 0.248 e. The Labute approximate surface area is 116 Å². The monoisotopic (exact) mass is 279 g/mol. The molecule has 2 unspecified atom stereocenters. The van der Waals surface area contributed by atoms with Crippen LogP contribution in [0.25, 0.3) is 0 Å². The number of rotatable bonds is 3. The van der Waals surface area contributed by atoms with Crippen molar-refractivity contribution in [3.63, 3.8) is 0 Å². The van der Waals surface area contributed by atoms with Crippen molar-refractivity contribution >= 4 is 17.5 Å². The number of primary amides is 1. The third kappa shape index (κ3) is 2.80. The lowest BCUT2D eigenvalue weighted by Crippen LogP contribution is -2.39.